The Labute approximate surface area is 150 Å². The summed E-state index contributed by atoms with van der Waals surface area (Å²) in [6, 6.07) is 7.89. The third kappa shape index (κ3) is 7.90. The van der Waals surface area contributed by atoms with Crippen molar-refractivity contribution in [1.82, 2.24) is 0 Å². The van der Waals surface area contributed by atoms with Gasteiger partial charge in [0.2, 0.25) is 0 Å². The average Bonchev–Trinajstić information content (AvgIpc) is 2.55. The topological polar surface area (TPSA) is 113 Å². The molecule has 140 valence electrons. The zero-order valence-electron chi connectivity index (χ0n) is 15.1. The minimum absolute atomic E-state index is 0.227. The molecule has 1 rings (SSSR count). The fourth-order valence-electron chi connectivity index (χ4n) is 2.65. The van der Waals surface area contributed by atoms with E-state index >= 15 is 0 Å². The summed E-state index contributed by atoms with van der Waals surface area (Å²) in [5.74, 6) is 0.171. The minimum Gasteiger partial charge on any atom is -0.494 e. The van der Waals surface area contributed by atoms with Crippen molar-refractivity contribution in [1.29, 1.82) is 0 Å². The van der Waals surface area contributed by atoms with E-state index in [1.807, 2.05) is 18.2 Å². The van der Waals surface area contributed by atoms with Crippen molar-refractivity contribution in [2.24, 2.45) is 5.73 Å². The molecule has 1 unspecified atom stereocenters. The molecular weight excluding hydrogens is 321 g/mol. The summed E-state index contributed by atoms with van der Waals surface area (Å²) in [5.41, 5.74) is 5.92. The average molecular weight is 351 g/mol. The molecule has 0 bridgehead atoms. The van der Waals surface area contributed by atoms with Crippen LogP contribution in [0.3, 0.4) is 0 Å². The van der Waals surface area contributed by atoms with Gasteiger partial charge in [-0.1, -0.05) is 38.8 Å². The van der Waals surface area contributed by atoms with Gasteiger partial charge in [-0.05, 0) is 49.2 Å². The Morgan fingerprint density at radius 1 is 1.24 bits per heavy atom. The van der Waals surface area contributed by atoms with Crippen LogP contribution in [0.25, 0.3) is 0 Å². The normalized spacial score (nSPS) is 13.5. The summed E-state index contributed by atoms with van der Waals surface area (Å²) >= 11 is 0. The van der Waals surface area contributed by atoms with Crippen LogP contribution in [0.5, 0.6) is 5.75 Å². The van der Waals surface area contributed by atoms with Crippen molar-refractivity contribution < 1.29 is 24.7 Å². The first kappa shape index (κ1) is 21.5. The predicted molar refractivity (Wildman–Crippen MR) is 98.7 cm³/mol. The quantitative estimate of drug-likeness (QED) is 0.340. The number of unbranched alkanes of at least 4 members (excludes halogenated alkanes) is 1. The molecule has 0 aromatic heterocycles. The Morgan fingerprint density at radius 2 is 1.92 bits per heavy atom. The maximum absolute atomic E-state index is 11.5. The second-order valence-corrected chi connectivity index (χ2v) is 6.87. The van der Waals surface area contributed by atoms with E-state index in [0.717, 1.165) is 5.75 Å². The van der Waals surface area contributed by atoms with E-state index < -0.39 is 18.6 Å². The van der Waals surface area contributed by atoms with Crippen LogP contribution in [-0.2, 0) is 4.79 Å². The Morgan fingerprint density at radius 3 is 2.52 bits per heavy atom. The molecular formula is C18H30BNO5. The van der Waals surface area contributed by atoms with Gasteiger partial charge in [-0.2, -0.15) is 0 Å². The maximum atomic E-state index is 11.5. The number of aliphatic carboxylic acids is 1. The molecule has 0 fully saturated rings. The van der Waals surface area contributed by atoms with Gasteiger partial charge >= 0.3 is 13.1 Å². The van der Waals surface area contributed by atoms with E-state index in [4.69, 9.17) is 20.5 Å². The molecule has 0 amide bonds. The van der Waals surface area contributed by atoms with E-state index in [-0.39, 0.29) is 6.32 Å². The molecule has 0 aliphatic rings. The van der Waals surface area contributed by atoms with Crippen LogP contribution in [0.2, 0.25) is 6.32 Å². The van der Waals surface area contributed by atoms with Crippen LogP contribution in [0, 0.1) is 0 Å². The van der Waals surface area contributed by atoms with Crippen molar-refractivity contribution >= 4 is 13.1 Å². The van der Waals surface area contributed by atoms with Gasteiger partial charge in [-0.3, -0.25) is 4.79 Å². The van der Waals surface area contributed by atoms with Gasteiger partial charge in [0.1, 0.15) is 11.3 Å². The molecule has 0 radical (unpaired) electrons. The number of benzene rings is 1. The zero-order valence-corrected chi connectivity index (χ0v) is 15.1. The van der Waals surface area contributed by atoms with E-state index in [2.05, 4.69) is 19.9 Å². The highest BCUT2D eigenvalue weighted by atomic mass is 16.5. The molecule has 5 N–H and O–H groups in total. The second kappa shape index (κ2) is 10.4. The lowest BCUT2D eigenvalue weighted by atomic mass is 9.81. The molecule has 25 heavy (non-hydrogen) atoms. The number of hydrogen-bond donors (Lipinski definition) is 4. The smallest absolute Gasteiger partial charge is 0.451 e. The number of ether oxygens (including phenoxy) is 1. The number of nitrogens with two attached hydrogens (primary N) is 1. The fourth-order valence-corrected chi connectivity index (χ4v) is 2.65. The van der Waals surface area contributed by atoms with Crippen molar-refractivity contribution in [2.45, 2.75) is 63.7 Å². The molecule has 1 aromatic rings. The molecule has 7 heteroatoms. The SMILES string of the molecule is CC(C)c1cccc(OCCCC(N)(CCCCB(O)O)C(=O)O)c1. The lowest BCUT2D eigenvalue weighted by Crippen LogP contribution is -2.48. The van der Waals surface area contributed by atoms with E-state index in [1.54, 1.807) is 0 Å². The van der Waals surface area contributed by atoms with Crippen LogP contribution in [0.1, 0.15) is 57.4 Å². The molecule has 0 saturated heterocycles. The minimum atomic E-state index is -1.35. The molecule has 6 nitrogen and oxygen atoms in total. The van der Waals surface area contributed by atoms with Crippen LogP contribution in [0.15, 0.2) is 24.3 Å². The monoisotopic (exact) mass is 351 g/mol. The Kier molecular flexibility index (Phi) is 8.96. The maximum Gasteiger partial charge on any atom is 0.451 e. The molecule has 0 spiro atoms. The third-order valence-electron chi connectivity index (χ3n) is 4.32. The predicted octanol–water partition coefficient (Wildman–Crippen LogP) is 2.39. The standard InChI is InChI=1S/C18H30BNO5/c1-14(2)15-7-5-8-16(13-15)25-12-6-10-18(20,17(21)22)9-3-4-11-19(23)24/h5,7-8,13-14,23-24H,3-4,6,9-12,20H2,1-2H3,(H,21,22). The summed E-state index contributed by atoms with van der Waals surface area (Å²) in [6.07, 6.45) is 2.45. The number of carboxylic acids is 1. The Balaban J connectivity index is 2.42. The van der Waals surface area contributed by atoms with Crippen molar-refractivity contribution in [3.05, 3.63) is 29.8 Å². The number of rotatable bonds is 12. The van der Waals surface area contributed by atoms with E-state index in [0.29, 0.717) is 44.6 Å². The number of carbonyl (C=O) groups is 1. The van der Waals surface area contributed by atoms with Crippen LogP contribution in [0.4, 0.5) is 0 Å². The number of carboxylic acid groups (broad SMARTS) is 1. The fraction of sp³-hybridized carbons (Fsp3) is 0.611. The second-order valence-electron chi connectivity index (χ2n) is 6.87. The van der Waals surface area contributed by atoms with Gasteiger partial charge in [0.05, 0.1) is 6.61 Å². The highest BCUT2D eigenvalue weighted by molar-refractivity contribution is 6.40. The van der Waals surface area contributed by atoms with Crippen molar-refractivity contribution in [3.8, 4) is 5.75 Å². The number of hydrogen-bond acceptors (Lipinski definition) is 5. The van der Waals surface area contributed by atoms with Crippen LogP contribution >= 0.6 is 0 Å². The summed E-state index contributed by atoms with van der Waals surface area (Å²) in [5, 5.41) is 27.0. The first-order chi connectivity index (χ1) is 11.7. The zero-order chi connectivity index (χ0) is 18.9. The summed E-state index contributed by atoms with van der Waals surface area (Å²) in [4.78, 5) is 11.5. The molecule has 0 aliphatic carbocycles. The van der Waals surface area contributed by atoms with Gasteiger partial charge in [-0.25, -0.2) is 0 Å². The lowest BCUT2D eigenvalue weighted by Gasteiger charge is -2.24. The highest BCUT2D eigenvalue weighted by Gasteiger charge is 2.32. The largest absolute Gasteiger partial charge is 0.494 e. The van der Waals surface area contributed by atoms with Gasteiger partial charge < -0.3 is 25.6 Å². The van der Waals surface area contributed by atoms with Crippen molar-refractivity contribution in [3.63, 3.8) is 0 Å². The molecule has 0 saturated carbocycles. The van der Waals surface area contributed by atoms with Gasteiger partial charge in [0.15, 0.2) is 0 Å². The van der Waals surface area contributed by atoms with Crippen LogP contribution in [-0.4, -0.2) is 40.4 Å². The Bertz CT molecular complexity index is 538. The van der Waals surface area contributed by atoms with Crippen LogP contribution < -0.4 is 10.5 Å². The molecule has 0 aliphatic heterocycles. The van der Waals surface area contributed by atoms with Gasteiger partial charge in [0.25, 0.3) is 0 Å². The Hall–Kier alpha value is -1.57. The summed E-state index contributed by atoms with van der Waals surface area (Å²) in [7, 11) is -1.35. The van der Waals surface area contributed by atoms with E-state index in [1.165, 1.54) is 5.56 Å². The summed E-state index contributed by atoms with van der Waals surface area (Å²) < 4.78 is 5.71. The molecule has 0 heterocycles. The highest BCUT2D eigenvalue weighted by Crippen LogP contribution is 2.22. The van der Waals surface area contributed by atoms with Gasteiger partial charge in [-0.15, -0.1) is 0 Å². The van der Waals surface area contributed by atoms with E-state index in [9.17, 15) is 9.90 Å². The first-order valence-corrected chi connectivity index (χ1v) is 8.86. The van der Waals surface area contributed by atoms with Crippen molar-refractivity contribution in [2.75, 3.05) is 6.61 Å². The van der Waals surface area contributed by atoms with Gasteiger partial charge in [0, 0.05) is 0 Å². The molecule has 1 atom stereocenters. The molecule has 1 aromatic carbocycles. The lowest BCUT2D eigenvalue weighted by molar-refractivity contribution is -0.144. The summed E-state index contributed by atoms with van der Waals surface area (Å²) in [6.45, 7) is 4.64. The third-order valence-corrected chi connectivity index (χ3v) is 4.32. The first-order valence-electron chi connectivity index (χ1n) is 8.86.